The zero-order valence-corrected chi connectivity index (χ0v) is 14.4. The van der Waals surface area contributed by atoms with E-state index < -0.39 is 5.56 Å². The van der Waals surface area contributed by atoms with Gasteiger partial charge < -0.3 is 4.98 Å². The number of aromatic amines is 1. The molecule has 0 amide bonds. The lowest BCUT2D eigenvalue weighted by Gasteiger charge is -2.11. The first kappa shape index (κ1) is 16.7. The van der Waals surface area contributed by atoms with Crippen LogP contribution in [0.15, 0.2) is 90.0 Å². The fourth-order valence-electron chi connectivity index (χ4n) is 3.11. The Balaban J connectivity index is 1.92. The number of benzene rings is 2. The van der Waals surface area contributed by atoms with Gasteiger partial charge in [0.15, 0.2) is 5.78 Å². The van der Waals surface area contributed by atoms with E-state index in [1.807, 2.05) is 54.6 Å². The van der Waals surface area contributed by atoms with Crippen molar-refractivity contribution in [2.24, 2.45) is 0 Å². The number of nitrogens with zero attached hydrogens (tertiary/aromatic N) is 1. The fourth-order valence-corrected chi connectivity index (χ4v) is 3.11. The molecule has 0 fully saturated rings. The standard InChI is InChI=1S/C23H16N2O2/c26-20(11-10-16-12-14-24-15-13-16)22-21(17-6-2-1-3-7-17)18-8-4-5-9-19(18)25-23(22)27/h1-15H,(H,25,27)/b11-10+. The summed E-state index contributed by atoms with van der Waals surface area (Å²) in [4.78, 5) is 32.5. The van der Waals surface area contributed by atoms with E-state index in [0.29, 0.717) is 11.1 Å². The van der Waals surface area contributed by atoms with E-state index in [9.17, 15) is 9.59 Å². The number of hydrogen-bond donors (Lipinski definition) is 1. The molecule has 0 saturated carbocycles. The third-order valence-corrected chi connectivity index (χ3v) is 4.36. The van der Waals surface area contributed by atoms with E-state index in [-0.39, 0.29) is 11.3 Å². The van der Waals surface area contributed by atoms with Crippen LogP contribution in [-0.4, -0.2) is 15.8 Å². The Kier molecular flexibility index (Phi) is 4.45. The number of fused-ring (bicyclic) bond motifs is 1. The zero-order chi connectivity index (χ0) is 18.6. The number of carbonyl (C=O) groups is 1. The van der Waals surface area contributed by atoms with E-state index in [2.05, 4.69) is 9.97 Å². The number of ketones is 1. The van der Waals surface area contributed by atoms with Gasteiger partial charge in [-0.15, -0.1) is 0 Å². The number of allylic oxidation sites excluding steroid dienone is 1. The van der Waals surface area contributed by atoms with E-state index in [1.54, 1.807) is 30.6 Å². The summed E-state index contributed by atoms with van der Waals surface area (Å²) in [5.41, 5.74) is 2.79. The zero-order valence-electron chi connectivity index (χ0n) is 14.4. The Morgan fingerprint density at radius 3 is 2.37 bits per heavy atom. The highest BCUT2D eigenvalue weighted by Gasteiger charge is 2.18. The molecule has 130 valence electrons. The van der Waals surface area contributed by atoms with Crippen LogP contribution in [0.5, 0.6) is 0 Å². The molecule has 0 aliphatic rings. The summed E-state index contributed by atoms with van der Waals surface area (Å²) < 4.78 is 0. The maximum absolute atomic E-state index is 13.0. The SMILES string of the molecule is O=C(/C=C/c1ccncc1)c1c(-c2ccccc2)c2ccccc2[nH]c1=O. The summed E-state index contributed by atoms with van der Waals surface area (Å²) in [5.74, 6) is -0.335. The largest absolute Gasteiger partial charge is 0.321 e. The third-order valence-electron chi connectivity index (χ3n) is 4.36. The number of para-hydroxylation sites is 1. The lowest BCUT2D eigenvalue weighted by Crippen LogP contribution is -2.18. The van der Waals surface area contributed by atoms with Crippen molar-refractivity contribution in [1.82, 2.24) is 9.97 Å². The van der Waals surface area contributed by atoms with Gasteiger partial charge in [0.25, 0.3) is 5.56 Å². The predicted molar refractivity (Wildman–Crippen MR) is 108 cm³/mol. The number of H-pyrrole nitrogens is 1. The highest BCUT2D eigenvalue weighted by atomic mass is 16.1. The van der Waals surface area contributed by atoms with E-state index in [0.717, 1.165) is 16.5 Å². The second kappa shape index (κ2) is 7.22. The molecule has 2 heterocycles. The van der Waals surface area contributed by atoms with Gasteiger partial charge in [-0.25, -0.2) is 0 Å². The molecule has 0 atom stereocenters. The van der Waals surface area contributed by atoms with Crippen LogP contribution in [0.3, 0.4) is 0 Å². The van der Waals surface area contributed by atoms with Gasteiger partial charge in [-0.3, -0.25) is 14.6 Å². The normalized spacial score (nSPS) is 11.1. The van der Waals surface area contributed by atoms with Gasteiger partial charge in [-0.1, -0.05) is 54.6 Å². The Morgan fingerprint density at radius 1 is 0.889 bits per heavy atom. The molecule has 0 aliphatic carbocycles. The summed E-state index contributed by atoms with van der Waals surface area (Å²) >= 11 is 0. The molecule has 4 rings (SSSR count). The molecule has 0 aliphatic heterocycles. The highest BCUT2D eigenvalue weighted by Crippen LogP contribution is 2.29. The van der Waals surface area contributed by atoms with Crippen LogP contribution < -0.4 is 5.56 Å². The number of aromatic nitrogens is 2. The number of hydrogen-bond acceptors (Lipinski definition) is 3. The number of nitrogens with one attached hydrogen (secondary N) is 1. The molecule has 0 bridgehead atoms. The molecule has 4 aromatic rings. The number of carbonyl (C=O) groups excluding carboxylic acids is 1. The van der Waals surface area contributed by atoms with Crippen molar-refractivity contribution in [3.8, 4) is 11.1 Å². The van der Waals surface area contributed by atoms with E-state index >= 15 is 0 Å². The summed E-state index contributed by atoms with van der Waals surface area (Å²) in [6.07, 6.45) is 6.43. The maximum Gasteiger partial charge on any atom is 0.260 e. The minimum atomic E-state index is -0.392. The van der Waals surface area contributed by atoms with Crippen LogP contribution in [0.2, 0.25) is 0 Å². The van der Waals surface area contributed by atoms with Crippen molar-refractivity contribution in [2.45, 2.75) is 0 Å². The Hall–Kier alpha value is -3.79. The lowest BCUT2D eigenvalue weighted by atomic mass is 9.94. The molecular formula is C23H16N2O2. The lowest BCUT2D eigenvalue weighted by molar-refractivity contribution is 0.104. The van der Waals surface area contributed by atoms with Crippen LogP contribution in [-0.2, 0) is 0 Å². The molecule has 0 spiro atoms. The minimum Gasteiger partial charge on any atom is -0.321 e. The quantitative estimate of drug-likeness (QED) is 0.435. The van der Waals surface area contributed by atoms with E-state index in [4.69, 9.17) is 0 Å². The molecule has 2 aromatic heterocycles. The first-order valence-corrected chi connectivity index (χ1v) is 8.57. The summed E-state index contributed by atoms with van der Waals surface area (Å²) in [6, 6.07) is 20.6. The monoisotopic (exact) mass is 352 g/mol. The minimum absolute atomic E-state index is 0.144. The summed E-state index contributed by atoms with van der Waals surface area (Å²) in [7, 11) is 0. The van der Waals surface area contributed by atoms with Crippen LogP contribution >= 0.6 is 0 Å². The molecule has 4 nitrogen and oxygen atoms in total. The molecule has 27 heavy (non-hydrogen) atoms. The average molecular weight is 352 g/mol. The fraction of sp³-hybridized carbons (Fsp3) is 0. The molecule has 2 aromatic carbocycles. The van der Waals surface area contributed by atoms with Crippen molar-refractivity contribution in [3.63, 3.8) is 0 Å². The molecular weight excluding hydrogens is 336 g/mol. The van der Waals surface area contributed by atoms with Gasteiger partial charge in [0, 0.05) is 28.9 Å². The second-order valence-electron chi connectivity index (χ2n) is 6.09. The Morgan fingerprint density at radius 2 is 1.59 bits per heavy atom. The summed E-state index contributed by atoms with van der Waals surface area (Å²) in [6.45, 7) is 0. The topological polar surface area (TPSA) is 62.8 Å². The smallest absolute Gasteiger partial charge is 0.260 e. The van der Waals surface area contributed by atoms with Crippen molar-refractivity contribution >= 4 is 22.8 Å². The molecule has 4 heteroatoms. The van der Waals surface area contributed by atoms with Crippen molar-refractivity contribution < 1.29 is 4.79 Å². The Labute approximate surface area is 155 Å². The van der Waals surface area contributed by atoms with Gasteiger partial charge in [-0.05, 0) is 35.4 Å². The van der Waals surface area contributed by atoms with Gasteiger partial charge in [-0.2, -0.15) is 0 Å². The number of pyridine rings is 2. The molecule has 1 N–H and O–H groups in total. The van der Waals surface area contributed by atoms with Crippen LogP contribution in [0.25, 0.3) is 28.1 Å². The first-order chi connectivity index (χ1) is 13.2. The van der Waals surface area contributed by atoms with Crippen LogP contribution in [0, 0.1) is 0 Å². The average Bonchev–Trinajstić information content (AvgIpc) is 2.72. The van der Waals surface area contributed by atoms with Crippen LogP contribution in [0.4, 0.5) is 0 Å². The van der Waals surface area contributed by atoms with Crippen molar-refractivity contribution in [3.05, 3.63) is 107 Å². The van der Waals surface area contributed by atoms with Crippen molar-refractivity contribution in [1.29, 1.82) is 0 Å². The van der Waals surface area contributed by atoms with E-state index in [1.165, 1.54) is 6.08 Å². The Bertz CT molecular complexity index is 1190. The number of rotatable bonds is 4. The third kappa shape index (κ3) is 3.33. The van der Waals surface area contributed by atoms with Gasteiger partial charge >= 0.3 is 0 Å². The van der Waals surface area contributed by atoms with Crippen LogP contribution in [0.1, 0.15) is 15.9 Å². The van der Waals surface area contributed by atoms with Gasteiger partial charge in [0.05, 0.1) is 5.56 Å². The first-order valence-electron chi connectivity index (χ1n) is 8.57. The van der Waals surface area contributed by atoms with Crippen molar-refractivity contribution in [2.75, 3.05) is 0 Å². The molecule has 0 radical (unpaired) electrons. The molecule has 0 unspecified atom stereocenters. The predicted octanol–water partition coefficient (Wildman–Crippen LogP) is 4.49. The molecule has 0 saturated heterocycles. The highest BCUT2D eigenvalue weighted by molar-refractivity contribution is 6.15. The maximum atomic E-state index is 13.0. The van der Waals surface area contributed by atoms with Gasteiger partial charge in [0.1, 0.15) is 0 Å². The summed E-state index contributed by atoms with van der Waals surface area (Å²) in [5, 5.41) is 0.837. The second-order valence-corrected chi connectivity index (χ2v) is 6.09. The van der Waals surface area contributed by atoms with Gasteiger partial charge in [0.2, 0.25) is 0 Å².